The number of aryl methyl sites for hydroxylation is 2. The molecular formula is C30H29F3N8O2. The molecule has 43 heavy (non-hydrogen) atoms. The van der Waals surface area contributed by atoms with Crippen molar-refractivity contribution in [3.8, 4) is 17.6 Å². The standard InChI is InChI=1S/C30H29F3N8O2/c1-18-19(2)38-27-26(37-18)21(16-36-28(27)34)5-4-20-12-23(15-35-14-20)29(42)39-24-7-6-22(25(13-24)43-30(31,32)33)17-41-10-8-40(3)9-11-41/h6-7,12-16H,8-11,17H2,1-3H3,(H2,34,36)(H,39,42). The van der Waals surface area contributed by atoms with Crippen LogP contribution in [0.15, 0.2) is 42.9 Å². The summed E-state index contributed by atoms with van der Waals surface area (Å²) >= 11 is 0. The number of nitrogens with two attached hydrogens (primary N) is 1. The lowest BCUT2D eigenvalue weighted by Gasteiger charge is -2.32. The molecule has 0 bridgehead atoms. The molecule has 4 aromatic rings. The first-order valence-electron chi connectivity index (χ1n) is 13.4. The maximum atomic E-state index is 13.2. The third-order valence-corrected chi connectivity index (χ3v) is 7.02. The van der Waals surface area contributed by atoms with Crippen LogP contribution < -0.4 is 15.8 Å². The van der Waals surface area contributed by atoms with Crippen molar-refractivity contribution in [3.05, 3.63) is 76.5 Å². The Morgan fingerprint density at radius 2 is 1.74 bits per heavy atom. The van der Waals surface area contributed by atoms with Gasteiger partial charge in [-0.2, -0.15) is 0 Å². The Balaban J connectivity index is 1.35. The highest BCUT2D eigenvalue weighted by Crippen LogP contribution is 2.31. The van der Waals surface area contributed by atoms with Gasteiger partial charge in [0, 0.05) is 74.2 Å². The van der Waals surface area contributed by atoms with Crippen LogP contribution in [0.5, 0.6) is 5.75 Å². The van der Waals surface area contributed by atoms with Crippen LogP contribution in [0.3, 0.4) is 0 Å². The summed E-state index contributed by atoms with van der Waals surface area (Å²) in [5.41, 5.74) is 10.0. The number of rotatable bonds is 5. The minimum Gasteiger partial charge on any atom is -0.405 e. The molecule has 10 nitrogen and oxygen atoms in total. The molecule has 1 saturated heterocycles. The van der Waals surface area contributed by atoms with Crippen molar-refractivity contribution in [1.29, 1.82) is 0 Å². The number of carbonyl (C=O) groups excluding carboxylic acids is 1. The number of nitrogen functional groups attached to an aromatic ring is 1. The fourth-order valence-electron chi connectivity index (χ4n) is 4.52. The molecule has 4 heterocycles. The number of piperazine rings is 1. The minimum absolute atomic E-state index is 0.145. The summed E-state index contributed by atoms with van der Waals surface area (Å²) in [6.07, 6.45) is -0.551. The van der Waals surface area contributed by atoms with Gasteiger partial charge in [0.1, 0.15) is 16.8 Å². The first-order valence-corrected chi connectivity index (χ1v) is 13.4. The largest absolute Gasteiger partial charge is 0.573 e. The molecule has 0 aliphatic carbocycles. The monoisotopic (exact) mass is 590 g/mol. The van der Waals surface area contributed by atoms with Gasteiger partial charge in [0.15, 0.2) is 5.82 Å². The number of ether oxygens (including phenoxy) is 1. The summed E-state index contributed by atoms with van der Waals surface area (Å²) in [5.74, 6) is 5.26. The van der Waals surface area contributed by atoms with Crippen molar-refractivity contribution in [2.45, 2.75) is 26.8 Å². The summed E-state index contributed by atoms with van der Waals surface area (Å²) in [7, 11) is 2.00. The second-order valence-electron chi connectivity index (χ2n) is 10.3. The van der Waals surface area contributed by atoms with Gasteiger partial charge in [-0.05, 0) is 33.0 Å². The molecule has 1 fully saturated rings. The minimum atomic E-state index is -4.88. The normalized spacial score (nSPS) is 14.3. The second-order valence-corrected chi connectivity index (χ2v) is 10.3. The Hall–Kier alpha value is -4.80. The van der Waals surface area contributed by atoms with E-state index in [9.17, 15) is 18.0 Å². The van der Waals surface area contributed by atoms with Crippen molar-refractivity contribution in [2.24, 2.45) is 0 Å². The average molecular weight is 591 g/mol. The number of hydrogen-bond donors (Lipinski definition) is 2. The van der Waals surface area contributed by atoms with Crippen LogP contribution in [0.2, 0.25) is 0 Å². The quantitative estimate of drug-likeness (QED) is 0.333. The summed E-state index contributed by atoms with van der Waals surface area (Å²) in [4.78, 5) is 34.6. The smallest absolute Gasteiger partial charge is 0.405 e. The number of hydrogen-bond acceptors (Lipinski definition) is 9. The van der Waals surface area contributed by atoms with Crippen LogP contribution in [-0.4, -0.2) is 75.2 Å². The molecule has 1 aliphatic rings. The van der Waals surface area contributed by atoms with Gasteiger partial charge in [-0.25, -0.2) is 15.0 Å². The molecule has 1 aliphatic heterocycles. The molecule has 222 valence electrons. The number of nitrogens with zero attached hydrogens (tertiary/aromatic N) is 6. The van der Waals surface area contributed by atoms with E-state index in [0.717, 1.165) is 37.6 Å². The van der Waals surface area contributed by atoms with E-state index >= 15 is 0 Å². The van der Waals surface area contributed by atoms with E-state index in [1.54, 1.807) is 6.07 Å². The molecule has 13 heteroatoms. The van der Waals surface area contributed by atoms with Crippen molar-refractivity contribution < 1.29 is 22.7 Å². The summed E-state index contributed by atoms with van der Waals surface area (Å²) < 4.78 is 44.0. The summed E-state index contributed by atoms with van der Waals surface area (Å²) in [6.45, 7) is 7.05. The number of carbonyl (C=O) groups is 1. The Kier molecular flexibility index (Phi) is 8.43. The fraction of sp³-hybridized carbons (Fsp3) is 0.300. The predicted molar refractivity (Wildman–Crippen MR) is 155 cm³/mol. The summed E-state index contributed by atoms with van der Waals surface area (Å²) in [5, 5.41) is 2.63. The lowest BCUT2D eigenvalue weighted by molar-refractivity contribution is -0.275. The third-order valence-electron chi connectivity index (χ3n) is 7.02. The van der Waals surface area contributed by atoms with Crippen LogP contribution in [0.25, 0.3) is 11.0 Å². The van der Waals surface area contributed by atoms with Gasteiger partial charge in [-0.3, -0.25) is 14.7 Å². The Bertz CT molecular complexity index is 1740. The molecule has 0 atom stereocenters. The SMILES string of the molecule is Cc1nc2c(C#Cc3cncc(C(=O)Nc4ccc(CN5CCN(C)CC5)c(OC(F)(F)F)c4)c3)cnc(N)c2nc1C. The van der Waals surface area contributed by atoms with Crippen LogP contribution in [-0.2, 0) is 6.54 Å². The zero-order chi connectivity index (χ0) is 30.7. The van der Waals surface area contributed by atoms with Gasteiger partial charge >= 0.3 is 6.36 Å². The van der Waals surface area contributed by atoms with Crippen LogP contribution in [0, 0.1) is 25.7 Å². The van der Waals surface area contributed by atoms with Gasteiger partial charge in [-0.15, -0.1) is 13.2 Å². The molecule has 1 aromatic carbocycles. The van der Waals surface area contributed by atoms with Crippen molar-refractivity contribution >= 4 is 28.4 Å². The van der Waals surface area contributed by atoms with Crippen molar-refractivity contribution in [2.75, 3.05) is 44.3 Å². The van der Waals surface area contributed by atoms with Gasteiger partial charge < -0.3 is 20.7 Å². The second kappa shape index (κ2) is 12.2. The maximum Gasteiger partial charge on any atom is 0.573 e. The molecule has 3 aromatic heterocycles. The average Bonchev–Trinajstić information content (AvgIpc) is 2.95. The first-order chi connectivity index (χ1) is 20.4. The maximum absolute atomic E-state index is 13.2. The van der Waals surface area contributed by atoms with E-state index in [1.165, 1.54) is 36.8 Å². The van der Waals surface area contributed by atoms with E-state index in [-0.39, 0.29) is 22.8 Å². The number of aromatic nitrogens is 4. The van der Waals surface area contributed by atoms with Crippen LogP contribution in [0.4, 0.5) is 24.7 Å². The molecule has 3 N–H and O–H groups in total. The van der Waals surface area contributed by atoms with E-state index in [0.29, 0.717) is 34.3 Å². The van der Waals surface area contributed by atoms with E-state index in [4.69, 9.17) is 5.73 Å². The molecular weight excluding hydrogens is 561 g/mol. The number of benzene rings is 1. The number of halogens is 3. The number of likely N-dealkylation sites (N-methyl/N-ethyl adjacent to an activating group) is 1. The van der Waals surface area contributed by atoms with Gasteiger partial charge in [0.25, 0.3) is 5.91 Å². The van der Waals surface area contributed by atoms with E-state index < -0.39 is 12.3 Å². The number of fused-ring (bicyclic) bond motifs is 1. The Labute approximate surface area is 246 Å². The third kappa shape index (κ3) is 7.35. The summed E-state index contributed by atoms with van der Waals surface area (Å²) in [6, 6.07) is 5.79. The van der Waals surface area contributed by atoms with Crippen molar-refractivity contribution in [3.63, 3.8) is 0 Å². The van der Waals surface area contributed by atoms with E-state index in [1.807, 2.05) is 20.9 Å². The highest BCUT2D eigenvalue weighted by molar-refractivity contribution is 6.04. The molecule has 0 radical (unpaired) electrons. The highest BCUT2D eigenvalue weighted by Gasteiger charge is 2.32. The number of pyridine rings is 2. The lowest BCUT2D eigenvalue weighted by Crippen LogP contribution is -2.43. The molecule has 0 saturated carbocycles. The number of nitrogens with one attached hydrogen (secondary N) is 1. The van der Waals surface area contributed by atoms with Gasteiger partial charge in [0.05, 0.1) is 22.5 Å². The first kappa shape index (κ1) is 29.7. The van der Waals surface area contributed by atoms with Gasteiger partial charge in [-0.1, -0.05) is 17.9 Å². The highest BCUT2D eigenvalue weighted by atomic mass is 19.4. The Morgan fingerprint density at radius 3 is 2.47 bits per heavy atom. The number of amides is 1. The Morgan fingerprint density at radius 1 is 1.02 bits per heavy atom. The van der Waals surface area contributed by atoms with Crippen LogP contribution in [0.1, 0.15) is 38.4 Å². The predicted octanol–water partition coefficient (Wildman–Crippen LogP) is 3.92. The molecule has 1 amide bonds. The number of alkyl halides is 3. The molecule has 5 rings (SSSR count). The lowest BCUT2D eigenvalue weighted by atomic mass is 10.1. The molecule has 0 unspecified atom stereocenters. The number of anilines is 2. The zero-order valence-corrected chi connectivity index (χ0v) is 23.8. The fourth-order valence-corrected chi connectivity index (χ4v) is 4.52. The van der Waals surface area contributed by atoms with Crippen molar-refractivity contribution in [1.82, 2.24) is 29.7 Å². The molecule has 0 spiro atoms. The van der Waals surface area contributed by atoms with E-state index in [2.05, 4.69) is 51.6 Å². The van der Waals surface area contributed by atoms with Gasteiger partial charge in [0.2, 0.25) is 0 Å². The topological polar surface area (TPSA) is 122 Å². The zero-order valence-electron chi connectivity index (χ0n) is 23.8. The van der Waals surface area contributed by atoms with Crippen LogP contribution >= 0.6 is 0 Å².